The van der Waals surface area contributed by atoms with Crippen LogP contribution in [0.25, 0.3) is 0 Å². The normalized spacial score (nSPS) is 12.4. The van der Waals surface area contributed by atoms with Crippen LogP contribution in [0.3, 0.4) is 0 Å². The Hall–Kier alpha value is -2.76. The zero-order chi connectivity index (χ0) is 20.9. The largest absolute Gasteiger partial charge is 0.493 e. The second kappa shape index (κ2) is 9.37. The molecule has 3 aromatic rings. The maximum atomic E-state index is 6.07. The molecule has 1 aliphatic rings. The van der Waals surface area contributed by atoms with Crippen LogP contribution in [0.15, 0.2) is 54.6 Å². The van der Waals surface area contributed by atoms with Gasteiger partial charge in [0.25, 0.3) is 0 Å². The molecule has 0 aromatic heterocycles. The first-order valence-electron chi connectivity index (χ1n) is 9.49. The molecule has 0 radical (unpaired) electrons. The number of hydrogen-bond donors (Lipinski definition) is 1. The van der Waals surface area contributed by atoms with Crippen LogP contribution in [0.2, 0.25) is 10.0 Å². The molecule has 1 aliphatic heterocycles. The monoisotopic (exact) mass is 445 g/mol. The Morgan fingerprint density at radius 3 is 2.43 bits per heavy atom. The molecule has 5 nitrogen and oxygen atoms in total. The molecule has 0 fully saturated rings. The van der Waals surface area contributed by atoms with Crippen molar-refractivity contribution in [3.63, 3.8) is 0 Å². The van der Waals surface area contributed by atoms with Crippen LogP contribution in [0, 0.1) is 0 Å². The Morgan fingerprint density at radius 1 is 0.833 bits per heavy atom. The summed E-state index contributed by atoms with van der Waals surface area (Å²) in [5, 5.41) is 4.42. The van der Waals surface area contributed by atoms with E-state index in [1.165, 1.54) is 0 Å². The molecule has 0 aliphatic carbocycles. The van der Waals surface area contributed by atoms with Gasteiger partial charge in [-0.2, -0.15) is 0 Å². The molecule has 30 heavy (non-hydrogen) atoms. The average molecular weight is 446 g/mol. The van der Waals surface area contributed by atoms with E-state index in [1.54, 1.807) is 19.2 Å². The van der Waals surface area contributed by atoms with Crippen molar-refractivity contribution in [1.29, 1.82) is 0 Å². The Morgan fingerprint density at radius 2 is 1.63 bits per heavy atom. The highest BCUT2D eigenvalue weighted by atomic mass is 35.5. The van der Waals surface area contributed by atoms with E-state index < -0.39 is 0 Å². The van der Waals surface area contributed by atoms with Crippen LogP contribution >= 0.6 is 23.2 Å². The van der Waals surface area contributed by atoms with E-state index in [0.717, 1.165) is 28.3 Å². The Bertz CT molecular complexity index is 1040. The van der Waals surface area contributed by atoms with Gasteiger partial charge in [-0.1, -0.05) is 35.3 Å². The molecule has 156 valence electrons. The molecule has 4 rings (SSSR count). The van der Waals surface area contributed by atoms with E-state index >= 15 is 0 Å². The maximum Gasteiger partial charge on any atom is 0.163 e. The third kappa shape index (κ3) is 4.86. The third-order valence-electron chi connectivity index (χ3n) is 4.65. The summed E-state index contributed by atoms with van der Waals surface area (Å²) >= 11 is 12.0. The number of fused-ring (bicyclic) bond motifs is 1. The quantitative estimate of drug-likeness (QED) is 0.485. The highest BCUT2D eigenvalue weighted by Gasteiger charge is 2.12. The number of rotatable bonds is 7. The molecule has 0 saturated carbocycles. The first-order valence-corrected chi connectivity index (χ1v) is 10.2. The van der Waals surface area contributed by atoms with E-state index in [1.807, 2.05) is 42.5 Å². The van der Waals surface area contributed by atoms with Crippen LogP contribution < -0.4 is 24.3 Å². The molecule has 1 heterocycles. The highest BCUT2D eigenvalue weighted by Crippen LogP contribution is 2.33. The molecule has 0 spiro atoms. The molecular weight excluding hydrogens is 425 g/mol. The summed E-state index contributed by atoms with van der Waals surface area (Å²) in [4.78, 5) is 0. The Kier molecular flexibility index (Phi) is 6.41. The van der Waals surface area contributed by atoms with Gasteiger partial charge in [-0.25, -0.2) is 0 Å². The third-order valence-corrected chi connectivity index (χ3v) is 5.38. The van der Waals surface area contributed by atoms with Gasteiger partial charge in [0, 0.05) is 18.3 Å². The fourth-order valence-electron chi connectivity index (χ4n) is 3.09. The van der Waals surface area contributed by atoms with Gasteiger partial charge in [-0.3, -0.25) is 0 Å². The van der Waals surface area contributed by atoms with Gasteiger partial charge in [-0.05, 0) is 47.5 Å². The average Bonchev–Trinajstić information content (AvgIpc) is 2.78. The summed E-state index contributed by atoms with van der Waals surface area (Å²) < 4.78 is 22.6. The van der Waals surface area contributed by atoms with Crippen LogP contribution in [0.4, 0.5) is 5.69 Å². The summed E-state index contributed by atoms with van der Waals surface area (Å²) in [6, 6.07) is 17.1. The van der Waals surface area contributed by atoms with Gasteiger partial charge in [0.15, 0.2) is 23.0 Å². The maximum absolute atomic E-state index is 6.07. The van der Waals surface area contributed by atoms with Crippen molar-refractivity contribution in [3.05, 3.63) is 75.8 Å². The summed E-state index contributed by atoms with van der Waals surface area (Å²) in [5.74, 6) is 2.86. The van der Waals surface area contributed by atoms with E-state index in [9.17, 15) is 0 Å². The van der Waals surface area contributed by atoms with E-state index in [4.69, 9.17) is 42.1 Å². The van der Waals surface area contributed by atoms with Crippen molar-refractivity contribution in [2.45, 2.75) is 13.2 Å². The summed E-state index contributed by atoms with van der Waals surface area (Å²) in [5.41, 5.74) is 2.94. The molecule has 1 N–H and O–H groups in total. The highest BCUT2D eigenvalue weighted by molar-refractivity contribution is 6.42. The first-order chi connectivity index (χ1) is 14.6. The second-order valence-corrected chi connectivity index (χ2v) is 7.55. The molecule has 0 amide bonds. The van der Waals surface area contributed by atoms with Gasteiger partial charge >= 0.3 is 0 Å². The predicted molar refractivity (Wildman–Crippen MR) is 119 cm³/mol. The number of ether oxygens (including phenoxy) is 4. The van der Waals surface area contributed by atoms with Crippen LogP contribution in [-0.2, 0) is 13.2 Å². The summed E-state index contributed by atoms with van der Waals surface area (Å²) in [6.07, 6.45) is 0. The minimum absolute atomic E-state index is 0.363. The smallest absolute Gasteiger partial charge is 0.163 e. The number of nitrogens with one attached hydrogen (secondary N) is 1. The number of anilines is 1. The minimum atomic E-state index is 0.363. The lowest BCUT2D eigenvalue weighted by atomic mass is 10.2. The predicted octanol–water partition coefficient (Wildman–Crippen LogP) is 5.96. The van der Waals surface area contributed by atoms with Gasteiger partial charge < -0.3 is 24.3 Å². The van der Waals surface area contributed by atoms with Crippen molar-refractivity contribution in [2.24, 2.45) is 0 Å². The first kappa shape index (κ1) is 20.5. The van der Waals surface area contributed by atoms with Gasteiger partial charge in [-0.15, -0.1) is 0 Å². The Balaban J connectivity index is 1.39. The van der Waals surface area contributed by atoms with E-state index in [-0.39, 0.29) is 0 Å². The van der Waals surface area contributed by atoms with Crippen molar-refractivity contribution in [1.82, 2.24) is 0 Å². The molecule has 0 bridgehead atoms. The van der Waals surface area contributed by atoms with Crippen LogP contribution in [0.5, 0.6) is 23.0 Å². The SMILES string of the molecule is COc1cc(CNc2ccc3c(c2)OCCO3)ccc1OCc1ccc(Cl)c(Cl)c1. The van der Waals surface area contributed by atoms with Crippen molar-refractivity contribution in [3.8, 4) is 23.0 Å². The van der Waals surface area contributed by atoms with Crippen molar-refractivity contribution >= 4 is 28.9 Å². The standard InChI is InChI=1S/C23H21Cl2NO4/c1-27-22-11-15(13-26-17-4-7-21-23(12-17)29-9-8-28-21)3-6-20(22)30-14-16-2-5-18(24)19(25)10-16/h2-7,10-12,26H,8-9,13-14H2,1H3. The lowest BCUT2D eigenvalue weighted by molar-refractivity contribution is 0.171. The zero-order valence-electron chi connectivity index (χ0n) is 16.4. The minimum Gasteiger partial charge on any atom is -0.493 e. The summed E-state index contributed by atoms with van der Waals surface area (Å²) in [6.45, 7) is 2.14. The number of methoxy groups -OCH3 is 1. The van der Waals surface area contributed by atoms with Crippen molar-refractivity contribution < 1.29 is 18.9 Å². The zero-order valence-corrected chi connectivity index (χ0v) is 17.9. The van der Waals surface area contributed by atoms with Crippen LogP contribution in [0.1, 0.15) is 11.1 Å². The number of benzene rings is 3. The van der Waals surface area contributed by atoms with E-state index in [2.05, 4.69) is 5.32 Å². The molecule has 0 saturated heterocycles. The molecule has 3 aromatic carbocycles. The lowest BCUT2D eigenvalue weighted by Gasteiger charge is -2.19. The lowest BCUT2D eigenvalue weighted by Crippen LogP contribution is -2.15. The van der Waals surface area contributed by atoms with E-state index in [0.29, 0.717) is 47.9 Å². The fourth-order valence-corrected chi connectivity index (χ4v) is 3.41. The molecule has 0 atom stereocenters. The molecular formula is C23H21Cl2NO4. The number of hydrogen-bond acceptors (Lipinski definition) is 5. The van der Waals surface area contributed by atoms with Gasteiger partial charge in [0.2, 0.25) is 0 Å². The van der Waals surface area contributed by atoms with Gasteiger partial charge in [0.05, 0.1) is 17.2 Å². The van der Waals surface area contributed by atoms with Crippen LogP contribution in [-0.4, -0.2) is 20.3 Å². The fraction of sp³-hybridized carbons (Fsp3) is 0.217. The molecule has 7 heteroatoms. The summed E-state index contributed by atoms with van der Waals surface area (Å²) in [7, 11) is 1.62. The van der Waals surface area contributed by atoms with Gasteiger partial charge in [0.1, 0.15) is 19.8 Å². The topological polar surface area (TPSA) is 49.0 Å². The molecule has 0 unspecified atom stereocenters. The Labute approximate surface area is 185 Å². The number of halogens is 2. The second-order valence-electron chi connectivity index (χ2n) is 6.73. The van der Waals surface area contributed by atoms with Crippen molar-refractivity contribution in [2.75, 3.05) is 25.6 Å².